The van der Waals surface area contributed by atoms with Crippen molar-refractivity contribution >= 4 is 22.6 Å². The average molecular weight is 542 g/mol. The van der Waals surface area contributed by atoms with Gasteiger partial charge >= 0.3 is 6.18 Å². The molecule has 1 aromatic carbocycles. The molecule has 0 spiro atoms. The molecule has 5 rings (SSSR count). The maximum absolute atomic E-state index is 13.3. The Kier molecular flexibility index (Phi) is 8.26. The Morgan fingerprint density at radius 2 is 1.69 bits per heavy atom. The second-order valence-corrected chi connectivity index (χ2v) is 11.2. The van der Waals surface area contributed by atoms with Crippen molar-refractivity contribution in [2.24, 2.45) is 13.0 Å². The summed E-state index contributed by atoms with van der Waals surface area (Å²) in [6.07, 6.45) is 3.90. The number of benzene rings is 1. The normalized spacial score (nSPS) is 19.2. The van der Waals surface area contributed by atoms with Gasteiger partial charge in [0.2, 0.25) is 0 Å². The number of halogens is 3. The van der Waals surface area contributed by atoms with Crippen molar-refractivity contribution in [3.05, 3.63) is 53.2 Å². The first-order valence-corrected chi connectivity index (χ1v) is 14.2. The number of fused-ring (bicyclic) bond motifs is 1. The van der Waals surface area contributed by atoms with Crippen molar-refractivity contribution in [1.29, 1.82) is 0 Å². The number of carbonyl (C=O) groups excluding carboxylic acids is 1. The lowest BCUT2D eigenvalue weighted by Gasteiger charge is -2.36. The van der Waals surface area contributed by atoms with Gasteiger partial charge in [-0.05, 0) is 81.4 Å². The summed E-state index contributed by atoms with van der Waals surface area (Å²) in [6.45, 7) is 5.47. The van der Waals surface area contributed by atoms with Crippen LogP contribution in [0, 0.1) is 5.92 Å². The van der Waals surface area contributed by atoms with Gasteiger partial charge in [-0.15, -0.1) is 0 Å². The van der Waals surface area contributed by atoms with E-state index in [-0.39, 0.29) is 17.7 Å². The number of Topliss-reactive ketones (excluding diaryl/α,β-unsaturated/α-hetero) is 1. The number of hydrogen-bond donors (Lipinski definition) is 0. The first-order valence-electron chi connectivity index (χ1n) is 14.2. The summed E-state index contributed by atoms with van der Waals surface area (Å²) in [7, 11) is 1.84. The molecular weight excluding hydrogens is 503 g/mol. The largest absolute Gasteiger partial charge is 0.416 e. The smallest absolute Gasteiger partial charge is 0.357 e. The number of likely N-dealkylation sites (tertiary alicyclic amines) is 1. The molecule has 0 amide bonds. The molecule has 2 fully saturated rings. The molecule has 2 saturated heterocycles. The number of aryl methyl sites for hydroxylation is 1. The summed E-state index contributed by atoms with van der Waals surface area (Å²) in [5.41, 5.74) is 1.28. The Morgan fingerprint density at radius 1 is 1.00 bits per heavy atom. The Balaban J connectivity index is 1.21. The van der Waals surface area contributed by atoms with Crippen LogP contribution >= 0.6 is 0 Å². The highest BCUT2D eigenvalue weighted by Crippen LogP contribution is 2.34. The molecule has 1 unspecified atom stereocenters. The number of pyridine rings is 1. The number of alkyl halides is 3. The molecule has 210 valence electrons. The molecule has 2 aromatic heterocycles. The van der Waals surface area contributed by atoms with Crippen LogP contribution in [0.1, 0.15) is 85.9 Å². The quantitative estimate of drug-likeness (QED) is 0.321. The molecule has 3 aromatic rings. The molecule has 6 nitrogen and oxygen atoms in total. The zero-order chi connectivity index (χ0) is 27.6. The predicted molar refractivity (Wildman–Crippen MR) is 147 cm³/mol. The van der Waals surface area contributed by atoms with Crippen LogP contribution in [-0.4, -0.2) is 51.6 Å². The standard InChI is InChI=1S/C30H38F3N5O/c1-21(23-9-8-10-24(20-23)30(31,32)33)37-17-13-22(14-18-37)19-26(39)28-25-11-12-27(34-29(25)36(2)35-28)38-15-6-4-3-5-7-16-38/h8-12,20-22H,3-7,13-19H2,1-2H3. The molecule has 2 aliphatic rings. The fourth-order valence-electron chi connectivity index (χ4n) is 6.07. The molecule has 0 N–H and O–H groups in total. The van der Waals surface area contributed by atoms with Crippen molar-refractivity contribution < 1.29 is 18.0 Å². The maximum atomic E-state index is 13.3. The number of carbonyl (C=O) groups is 1. The van der Waals surface area contributed by atoms with Gasteiger partial charge in [-0.25, -0.2) is 9.67 Å². The van der Waals surface area contributed by atoms with E-state index in [0.717, 1.165) is 61.9 Å². The van der Waals surface area contributed by atoms with E-state index in [4.69, 9.17) is 4.98 Å². The van der Waals surface area contributed by atoms with E-state index >= 15 is 0 Å². The van der Waals surface area contributed by atoms with Crippen molar-refractivity contribution in [2.45, 2.75) is 70.5 Å². The van der Waals surface area contributed by atoms with E-state index in [1.807, 2.05) is 26.1 Å². The maximum Gasteiger partial charge on any atom is 0.416 e. The van der Waals surface area contributed by atoms with E-state index in [1.165, 1.54) is 44.2 Å². The van der Waals surface area contributed by atoms with Crippen LogP contribution in [0.15, 0.2) is 36.4 Å². The van der Waals surface area contributed by atoms with Gasteiger partial charge in [0.1, 0.15) is 11.5 Å². The van der Waals surface area contributed by atoms with E-state index in [2.05, 4.69) is 14.9 Å². The van der Waals surface area contributed by atoms with Gasteiger partial charge in [0.05, 0.1) is 10.9 Å². The third-order valence-corrected chi connectivity index (χ3v) is 8.48. The van der Waals surface area contributed by atoms with E-state index in [0.29, 0.717) is 17.7 Å². The fraction of sp³-hybridized carbons (Fsp3) is 0.567. The molecule has 39 heavy (non-hydrogen) atoms. The Hall–Kier alpha value is -2.94. The lowest BCUT2D eigenvalue weighted by molar-refractivity contribution is -0.137. The molecule has 2 aliphatic heterocycles. The number of aromatic nitrogens is 3. The number of hydrogen-bond acceptors (Lipinski definition) is 5. The molecule has 0 aliphatic carbocycles. The first-order chi connectivity index (χ1) is 18.7. The summed E-state index contributed by atoms with van der Waals surface area (Å²) in [4.78, 5) is 22.8. The minimum absolute atomic E-state index is 0.0331. The minimum Gasteiger partial charge on any atom is -0.357 e. The summed E-state index contributed by atoms with van der Waals surface area (Å²) in [5, 5.41) is 5.37. The number of piperidine rings is 1. The Labute approximate surface area is 228 Å². The van der Waals surface area contributed by atoms with Gasteiger partial charge < -0.3 is 4.90 Å². The van der Waals surface area contributed by atoms with E-state index in [9.17, 15) is 18.0 Å². The van der Waals surface area contributed by atoms with Crippen molar-refractivity contribution in [3.63, 3.8) is 0 Å². The van der Waals surface area contributed by atoms with Crippen molar-refractivity contribution in [1.82, 2.24) is 19.7 Å². The highest BCUT2D eigenvalue weighted by atomic mass is 19.4. The monoisotopic (exact) mass is 541 g/mol. The van der Waals surface area contributed by atoms with Gasteiger partial charge in [0, 0.05) is 32.6 Å². The summed E-state index contributed by atoms with van der Waals surface area (Å²) in [6, 6.07) is 9.51. The van der Waals surface area contributed by atoms with Gasteiger partial charge in [-0.2, -0.15) is 18.3 Å². The molecule has 4 heterocycles. The lowest BCUT2D eigenvalue weighted by Crippen LogP contribution is -2.36. The third kappa shape index (κ3) is 6.29. The number of nitrogens with zero attached hydrogens (tertiary/aromatic N) is 5. The topological polar surface area (TPSA) is 54.3 Å². The molecule has 0 saturated carbocycles. The third-order valence-electron chi connectivity index (χ3n) is 8.48. The fourth-order valence-corrected chi connectivity index (χ4v) is 6.07. The highest BCUT2D eigenvalue weighted by molar-refractivity contribution is 6.05. The summed E-state index contributed by atoms with van der Waals surface area (Å²) in [5.74, 6) is 1.22. The molecule has 0 bridgehead atoms. The molecule has 0 radical (unpaired) electrons. The SMILES string of the molecule is CC(c1cccc(C(F)(F)F)c1)N1CCC(CC(=O)c2nn(C)c3nc(N4CCCCCCC4)ccc23)CC1. The molecular formula is C30H38F3N5O. The van der Waals surface area contributed by atoms with Crippen LogP contribution in [0.2, 0.25) is 0 Å². The van der Waals surface area contributed by atoms with Gasteiger partial charge in [0.25, 0.3) is 0 Å². The van der Waals surface area contributed by atoms with Crippen molar-refractivity contribution in [2.75, 3.05) is 31.1 Å². The van der Waals surface area contributed by atoms with Crippen molar-refractivity contribution in [3.8, 4) is 0 Å². The van der Waals surface area contributed by atoms with Crippen LogP contribution in [0.3, 0.4) is 0 Å². The van der Waals surface area contributed by atoms with Gasteiger partial charge in [-0.1, -0.05) is 31.4 Å². The Bertz CT molecular complexity index is 1290. The number of rotatable bonds is 6. The lowest BCUT2D eigenvalue weighted by atomic mass is 9.89. The highest BCUT2D eigenvalue weighted by Gasteiger charge is 2.32. The van der Waals surface area contributed by atoms with E-state index in [1.54, 1.807) is 10.7 Å². The van der Waals surface area contributed by atoms with Crippen LogP contribution in [0.4, 0.5) is 19.0 Å². The van der Waals surface area contributed by atoms with Gasteiger partial charge in [0.15, 0.2) is 11.4 Å². The Morgan fingerprint density at radius 3 is 2.38 bits per heavy atom. The number of anilines is 1. The first kappa shape index (κ1) is 27.6. The van der Waals surface area contributed by atoms with Crippen LogP contribution < -0.4 is 4.90 Å². The second kappa shape index (κ2) is 11.7. The zero-order valence-electron chi connectivity index (χ0n) is 22.9. The predicted octanol–water partition coefficient (Wildman–Crippen LogP) is 6.80. The van der Waals surface area contributed by atoms with Crippen LogP contribution in [0.5, 0.6) is 0 Å². The summed E-state index contributed by atoms with van der Waals surface area (Å²) >= 11 is 0. The zero-order valence-corrected chi connectivity index (χ0v) is 22.9. The number of ketones is 1. The minimum atomic E-state index is -4.35. The van der Waals surface area contributed by atoms with E-state index < -0.39 is 11.7 Å². The second-order valence-electron chi connectivity index (χ2n) is 11.2. The van der Waals surface area contributed by atoms with Crippen LogP contribution in [-0.2, 0) is 13.2 Å². The van der Waals surface area contributed by atoms with Gasteiger partial charge in [-0.3, -0.25) is 9.69 Å². The van der Waals surface area contributed by atoms with Crippen LogP contribution in [0.25, 0.3) is 11.0 Å². The summed E-state index contributed by atoms with van der Waals surface area (Å²) < 4.78 is 41.2. The molecule has 9 heteroatoms. The molecule has 1 atom stereocenters. The average Bonchev–Trinajstić information content (AvgIpc) is 3.24.